The van der Waals surface area contributed by atoms with Crippen LogP contribution in [0.3, 0.4) is 0 Å². The number of hydrogen-bond acceptors (Lipinski definition) is 4. The molecule has 5 heteroatoms. The third-order valence-corrected chi connectivity index (χ3v) is 3.79. The predicted molar refractivity (Wildman–Crippen MR) is 67.1 cm³/mol. The molecule has 0 aromatic heterocycles. The first-order valence-electron chi connectivity index (χ1n) is 6.37. The molecule has 1 N–H and O–H groups in total. The van der Waals surface area contributed by atoms with Gasteiger partial charge in [0.2, 0.25) is 0 Å². The third-order valence-electron chi connectivity index (χ3n) is 3.79. The second-order valence-electron chi connectivity index (χ2n) is 4.88. The molecule has 1 aliphatic heterocycles. The number of nitrogens with one attached hydrogen (secondary N) is 1. The Kier molecular flexibility index (Phi) is 2.89. The summed E-state index contributed by atoms with van der Waals surface area (Å²) < 4.78 is 10.3. The van der Waals surface area contributed by atoms with Gasteiger partial charge >= 0.3 is 6.09 Å². The molecule has 1 fully saturated rings. The quantitative estimate of drug-likeness (QED) is 0.880. The van der Waals surface area contributed by atoms with E-state index in [1.165, 1.54) is 5.56 Å². The smallest absolute Gasteiger partial charge is 0.414 e. The summed E-state index contributed by atoms with van der Waals surface area (Å²) in [6, 6.07) is 5.85. The molecular weight excluding hydrogens is 246 g/mol. The summed E-state index contributed by atoms with van der Waals surface area (Å²) in [5.74, 6) is 0.423. The van der Waals surface area contributed by atoms with Gasteiger partial charge in [0.15, 0.2) is 6.10 Å². The average molecular weight is 261 g/mol. The lowest BCUT2D eigenvalue weighted by Gasteiger charge is -2.28. The first kappa shape index (κ1) is 12.0. The summed E-state index contributed by atoms with van der Waals surface area (Å²) in [6.45, 7) is 0. The fourth-order valence-corrected chi connectivity index (χ4v) is 2.90. The summed E-state index contributed by atoms with van der Waals surface area (Å²) in [5, 5.41) is 2.19. The molecule has 1 saturated heterocycles. The minimum Gasteiger partial charge on any atom is -0.497 e. The molecule has 1 heterocycles. The lowest BCUT2D eigenvalue weighted by atomic mass is 9.79. The molecule has 100 valence electrons. The van der Waals surface area contributed by atoms with Crippen molar-refractivity contribution in [2.45, 2.75) is 31.3 Å². The Hall–Kier alpha value is -2.04. The molecule has 1 unspecified atom stereocenters. The van der Waals surface area contributed by atoms with E-state index in [0.29, 0.717) is 0 Å². The van der Waals surface area contributed by atoms with Crippen molar-refractivity contribution in [3.05, 3.63) is 29.3 Å². The fraction of sp³-hybridized carbons (Fsp3) is 0.429. The minimum atomic E-state index is -0.694. The molecular formula is C14H15NO4. The van der Waals surface area contributed by atoms with Crippen molar-refractivity contribution in [3.8, 4) is 5.75 Å². The van der Waals surface area contributed by atoms with Crippen molar-refractivity contribution in [1.82, 2.24) is 5.32 Å². The first-order valence-corrected chi connectivity index (χ1v) is 6.37. The molecule has 5 nitrogen and oxygen atoms in total. The van der Waals surface area contributed by atoms with Gasteiger partial charge in [0.1, 0.15) is 5.75 Å². The lowest BCUT2D eigenvalue weighted by molar-refractivity contribution is -0.124. The van der Waals surface area contributed by atoms with Gasteiger partial charge in [-0.25, -0.2) is 4.79 Å². The highest BCUT2D eigenvalue weighted by molar-refractivity contribution is 6.00. The van der Waals surface area contributed by atoms with Gasteiger partial charge in [0, 0.05) is 5.92 Å². The van der Waals surface area contributed by atoms with Crippen molar-refractivity contribution in [3.63, 3.8) is 0 Å². The number of methoxy groups -OCH3 is 1. The third kappa shape index (κ3) is 2.05. The zero-order chi connectivity index (χ0) is 13.4. The van der Waals surface area contributed by atoms with Crippen LogP contribution in [-0.2, 0) is 16.0 Å². The molecule has 2 amide bonds. The maximum Gasteiger partial charge on any atom is 0.414 e. The summed E-state index contributed by atoms with van der Waals surface area (Å²) in [7, 11) is 1.63. The molecule has 2 aliphatic rings. The summed E-state index contributed by atoms with van der Waals surface area (Å²) in [5.41, 5.74) is 2.26. The van der Waals surface area contributed by atoms with Gasteiger partial charge in [-0.15, -0.1) is 0 Å². The SMILES string of the molecule is COc1ccc2c(c1)CCC[C@H]2C1OC(=O)NC1=O. The Labute approximate surface area is 110 Å². The molecule has 1 aromatic carbocycles. The van der Waals surface area contributed by atoms with E-state index in [4.69, 9.17) is 9.47 Å². The largest absolute Gasteiger partial charge is 0.497 e. The molecule has 3 rings (SSSR count). The zero-order valence-corrected chi connectivity index (χ0v) is 10.6. The van der Waals surface area contributed by atoms with Gasteiger partial charge in [0.05, 0.1) is 7.11 Å². The van der Waals surface area contributed by atoms with E-state index < -0.39 is 12.2 Å². The number of rotatable bonds is 2. The van der Waals surface area contributed by atoms with Crippen LogP contribution in [0.15, 0.2) is 18.2 Å². The maximum atomic E-state index is 11.7. The Morgan fingerprint density at radius 2 is 2.21 bits per heavy atom. The standard InChI is InChI=1S/C14H15NO4/c1-18-9-5-6-10-8(7-9)3-2-4-11(10)12-13(16)15-14(17)19-12/h5-7,11-12H,2-4H2,1H3,(H,15,16,17)/t11-,12?/m1/s1. The number of aryl methyl sites for hydroxylation is 1. The van der Waals surface area contributed by atoms with Crippen LogP contribution in [0.1, 0.15) is 29.9 Å². The van der Waals surface area contributed by atoms with E-state index in [2.05, 4.69) is 5.32 Å². The van der Waals surface area contributed by atoms with Gasteiger partial charge in [-0.05, 0) is 42.5 Å². The molecule has 19 heavy (non-hydrogen) atoms. The van der Waals surface area contributed by atoms with Crippen molar-refractivity contribution in [1.29, 1.82) is 0 Å². The highest BCUT2D eigenvalue weighted by atomic mass is 16.6. The van der Waals surface area contributed by atoms with Crippen molar-refractivity contribution >= 4 is 12.0 Å². The van der Waals surface area contributed by atoms with Gasteiger partial charge in [-0.2, -0.15) is 0 Å². The van der Waals surface area contributed by atoms with Crippen LogP contribution in [0.5, 0.6) is 5.75 Å². The Morgan fingerprint density at radius 3 is 2.89 bits per heavy atom. The maximum absolute atomic E-state index is 11.7. The van der Waals surface area contributed by atoms with Crippen LogP contribution in [0, 0.1) is 0 Å². The molecule has 0 radical (unpaired) electrons. The van der Waals surface area contributed by atoms with Crippen LogP contribution >= 0.6 is 0 Å². The van der Waals surface area contributed by atoms with Gasteiger partial charge in [-0.3, -0.25) is 10.1 Å². The van der Waals surface area contributed by atoms with Crippen LogP contribution in [0.2, 0.25) is 0 Å². The van der Waals surface area contributed by atoms with Crippen molar-refractivity contribution < 1.29 is 19.1 Å². The number of benzene rings is 1. The monoisotopic (exact) mass is 261 g/mol. The second-order valence-corrected chi connectivity index (χ2v) is 4.88. The summed E-state index contributed by atoms with van der Waals surface area (Å²) in [4.78, 5) is 22.9. The summed E-state index contributed by atoms with van der Waals surface area (Å²) >= 11 is 0. The molecule has 2 atom stereocenters. The van der Waals surface area contributed by atoms with E-state index in [1.807, 2.05) is 18.2 Å². The fourth-order valence-electron chi connectivity index (χ4n) is 2.90. The van der Waals surface area contributed by atoms with Crippen LogP contribution in [0.25, 0.3) is 0 Å². The van der Waals surface area contributed by atoms with E-state index in [-0.39, 0.29) is 11.8 Å². The number of carbonyl (C=O) groups excluding carboxylic acids is 2. The number of carbonyl (C=O) groups is 2. The number of fused-ring (bicyclic) bond motifs is 1. The number of amides is 2. The zero-order valence-electron chi connectivity index (χ0n) is 10.6. The van der Waals surface area contributed by atoms with Crippen molar-refractivity contribution in [2.75, 3.05) is 7.11 Å². The Morgan fingerprint density at radius 1 is 1.37 bits per heavy atom. The Bertz CT molecular complexity index is 540. The topological polar surface area (TPSA) is 64.6 Å². The molecule has 1 aliphatic carbocycles. The first-order chi connectivity index (χ1) is 9.19. The van der Waals surface area contributed by atoms with Crippen molar-refractivity contribution in [2.24, 2.45) is 0 Å². The molecule has 0 bridgehead atoms. The minimum absolute atomic E-state index is 0.0545. The van der Waals surface area contributed by atoms with Gasteiger partial charge in [0.25, 0.3) is 5.91 Å². The lowest BCUT2D eigenvalue weighted by Crippen LogP contribution is -2.31. The number of alkyl carbamates (subject to hydrolysis) is 1. The normalized spacial score (nSPS) is 25.5. The number of cyclic esters (lactones) is 1. The van der Waals surface area contributed by atoms with E-state index in [1.54, 1.807) is 7.11 Å². The number of imide groups is 1. The van der Waals surface area contributed by atoms with E-state index in [9.17, 15) is 9.59 Å². The molecule has 0 saturated carbocycles. The molecule has 0 spiro atoms. The Balaban J connectivity index is 1.94. The average Bonchev–Trinajstić information content (AvgIpc) is 2.76. The highest BCUT2D eigenvalue weighted by Crippen LogP contribution is 2.37. The van der Waals surface area contributed by atoms with Crippen LogP contribution in [0.4, 0.5) is 4.79 Å². The van der Waals surface area contributed by atoms with Crippen LogP contribution < -0.4 is 10.1 Å². The molecule has 1 aromatic rings. The number of hydrogen-bond donors (Lipinski definition) is 1. The van der Waals surface area contributed by atoms with Gasteiger partial charge < -0.3 is 9.47 Å². The number of ether oxygens (including phenoxy) is 2. The predicted octanol–water partition coefficient (Wildman–Crippen LogP) is 1.75. The van der Waals surface area contributed by atoms with E-state index >= 15 is 0 Å². The second kappa shape index (κ2) is 4.57. The van der Waals surface area contributed by atoms with E-state index in [0.717, 1.165) is 30.6 Å². The van der Waals surface area contributed by atoms with Gasteiger partial charge in [-0.1, -0.05) is 6.07 Å². The summed E-state index contributed by atoms with van der Waals surface area (Å²) in [6.07, 6.45) is 1.46. The van der Waals surface area contributed by atoms with Crippen LogP contribution in [-0.4, -0.2) is 25.2 Å². The highest BCUT2D eigenvalue weighted by Gasteiger charge is 2.41.